The molecule has 7 heteroatoms. The molecule has 1 saturated heterocycles. The van der Waals surface area contributed by atoms with Crippen LogP contribution in [0.5, 0.6) is 5.75 Å². The third-order valence-corrected chi connectivity index (χ3v) is 8.68. The Morgan fingerprint density at radius 3 is 2.49 bits per heavy atom. The molecule has 37 heavy (non-hydrogen) atoms. The number of imide groups is 1. The van der Waals surface area contributed by atoms with Gasteiger partial charge < -0.3 is 15.3 Å². The molecular formula is C30H37NO5S. The molecular weight excluding hydrogens is 486 g/mol. The number of hydrogen-bond donors (Lipinski definition) is 3. The molecule has 1 aliphatic carbocycles. The maximum atomic E-state index is 13.5. The number of likely N-dealkylation sites (tertiary alicyclic amines) is 1. The molecule has 2 amide bonds. The Morgan fingerprint density at radius 1 is 1.16 bits per heavy atom. The Morgan fingerprint density at radius 2 is 1.89 bits per heavy atom. The number of phenols is 1. The van der Waals surface area contributed by atoms with E-state index in [0.717, 1.165) is 28.0 Å². The maximum Gasteiger partial charge on any atom is 0.234 e. The average Bonchev–Trinajstić information content (AvgIpc) is 3.49. The number of benzene rings is 1. The third kappa shape index (κ3) is 5.74. The van der Waals surface area contributed by atoms with E-state index >= 15 is 0 Å². The highest BCUT2D eigenvalue weighted by Gasteiger charge is 2.55. The van der Waals surface area contributed by atoms with Crippen molar-refractivity contribution in [3.8, 4) is 5.75 Å². The lowest BCUT2D eigenvalue weighted by molar-refractivity contribution is -0.140. The fraction of sp³-hybridized carbons (Fsp3) is 0.467. The number of aliphatic hydroxyl groups is 2. The highest BCUT2D eigenvalue weighted by molar-refractivity contribution is 7.09. The minimum atomic E-state index is -0.806. The van der Waals surface area contributed by atoms with Gasteiger partial charge in [-0.1, -0.05) is 56.2 Å². The van der Waals surface area contributed by atoms with Crippen molar-refractivity contribution in [2.45, 2.75) is 59.1 Å². The van der Waals surface area contributed by atoms with Crippen molar-refractivity contribution in [3.63, 3.8) is 0 Å². The van der Waals surface area contributed by atoms with Crippen molar-refractivity contribution in [1.29, 1.82) is 0 Å². The number of rotatable bonds is 10. The fourth-order valence-electron chi connectivity index (χ4n) is 5.86. The van der Waals surface area contributed by atoms with E-state index in [9.17, 15) is 24.9 Å². The first kappa shape index (κ1) is 27.3. The largest absolute Gasteiger partial charge is 0.508 e. The monoisotopic (exact) mass is 523 g/mol. The zero-order chi connectivity index (χ0) is 26.7. The molecule has 1 aromatic carbocycles. The highest BCUT2D eigenvalue weighted by Crippen LogP contribution is 2.48. The zero-order valence-electron chi connectivity index (χ0n) is 21.8. The first-order chi connectivity index (χ1) is 17.7. The van der Waals surface area contributed by atoms with Crippen LogP contribution in [0, 0.1) is 23.7 Å². The van der Waals surface area contributed by atoms with E-state index in [-0.39, 0.29) is 36.6 Å². The van der Waals surface area contributed by atoms with Gasteiger partial charge in [0.05, 0.1) is 31.1 Å². The molecule has 0 saturated carbocycles. The van der Waals surface area contributed by atoms with Crippen LogP contribution in [0.1, 0.15) is 56.9 Å². The van der Waals surface area contributed by atoms with Crippen LogP contribution in [-0.4, -0.2) is 44.7 Å². The number of thiophene rings is 1. The molecule has 4 atom stereocenters. The van der Waals surface area contributed by atoms with Gasteiger partial charge in [-0.15, -0.1) is 11.3 Å². The molecule has 1 aliphatic heterocycles. The Labute approximate surface area is 223 Å². The Balaban J connectivity index is 1.57. The third-order valence-electron chi connectivity index (χ3n) is 7.82. The molecule has 0 bridgehead atoms. The number of carbonyl (C=O) groups is 2. The molecule has 2 aromatic rings. The van der Waals surface area contributed by atoms with Crippen LogP contribution in [0.3, 0.4) is 0 Å². The summed E-state index contributed by atoms with van der Waals surface area (Å²) in [6, 6.07) is 10.8. The highest BCUT2D eigenvalue weighted by atomic mass is 32.1. The van der Waals surface area contributed by atoms with E-state index < -0.39 is 23.9 Å². The normalized spacial score (nSPS) is 23.2. The number of nitrogens with zero attached hydrogens (tertiary/aromatic N) is 1. The van der Waals surface area contributed by atoms with Gasteiger partial charge in [0, 0.05) is 10.8 Å². The smallest absolute Gasteiger partial charge is 0.234 e. The second-order valence-corrected chi connectivity index (χ2v) is 11.4. The van der Waals surface area contributed by atoms with Crippen LogP contribution < -0.4 is 0 Å². The molecule has 0 spiro atoms. The van der Waals surface area contributed by atoms with Crippen molar-refractivity contribution < 1.29 is 24.9 Å². The van der Waals surface area contributed by atoms with Crippen molar-refractivity contribution >= 4 is 29.2 Å². The van der Waals surface area contributed by atoms with Gasteiger partial charge in [-0.05, 0) is 66.3 Å². The summed E-state index contributed by atoms with van der Waals surface area (Å²) >= 11 is 1.51. The second-order valence-electron chi connectivity index (χ2n) is 10.4. The number of hydrogen-bond acceptors (Lipinski definition) is 6. The zero-order valence-corrected chi connectivity index (χ0v) is 22.6. The van der Waals surface area contributed by atoms with E-state index in [1.165, 1.54) is 21.8 Å². The summed E-state index contributed by atoms with van der Waals surface area (Å²) in [7, 11) is 0. The first-order valence-electron chi connectivity index (χ1n) is 13.1. The van der Waals surface area contributed by atoms with Crippen LogP contribution in [-0.2, 0) is 16.1 Å². The van der Waals surface area contributed by atoms with Crippen LogP contribution in [0.25, 0.3) is 6.08 Å². The molecule has 3 N–H and O–H groups in total. The van der Waals surface area contributed by atoms with Gasteiger partial charge in [0.2, 0.25) is 11.8 Å². The van der Waals surface area contributed by atoms with Gasteiger partial charge in [0.15, 0.2) is 0 Å². The standard InChI is InChI=1S/C30H37NO5S/c1-4-19(14-20-7-10-21(33)11-8-20)9-12-26(34)27-23(18(2)3)15-24-28(25(27)17-32)30(36)31(29(24)35)16-22-6-5-13-37-22/h5-8,10-11,13-14,18,24-26,28,32-34H,4,9,12,15-17H2,1-3H3/b19-14+/t24-,25+,26-,28-/m1/s1. The van der Waals surface area contributed by atoms with Gasteiger partial charge in [-0.2, -0.15) is 0 Å². The van der Waals surface area contributed by atoms with E-state index in [1.54, 1.807) is 12.1 Å². The Hall–Kier alpha value is -2.74. The van der Waals surface area contributed by atoms with Crippen molar-refractivity contribution in [2.75, 3.05) is 6.61 Å². The summed E-state index contributed by atoms with van der Waals surface area (Å²) in [6.45, 7) is 6.15. The van der Waals surface area contributed by atoms with Crippen molar-refractivity contribution in [3.05, 3.63) is 68.9 Å². The number of allylic oxidation sites excluding steroid dienone is 2. The van der Waals surface area contributed by atoms with E-state index in [1.807, 2.05) is 43.5 Å². The number of aromatic hydroxyl groups is 1. The summed E-state index contributed by atoms with van der Waals surface area (Å²) in [6.07, 6.45) is 3.67. The summed E-state index contributed by atoms with van der Waals surface area (Å²) in [5.41, 5.74) is 3.89. The van der Waals surface area contributed by atoms with Gasteiger partial charge in [0.1, 0.15) is 5.75 Å². The van der Waals surface area contributed by atoms with E-state index in [4.69, 9.17) is 0 Å². The van der Waals surface area contributed by atoms with E-state index in [0.29, 0.717) is 19.3 Å². The Kier molecular flexibility index (Phi) is 8.67. The number of phenolic OH excluding ortho intramolecular Hbond substituents is 1. The number of fused-ring (bicyclic) bond motifs is 1. The first-order valence-corrected chi connectivity index (χ1v) is 14.0. The van der Waals surface area contributed by atoms with Gasteiger partial charge in [-0.3, -0.25) is 14.5 Å². The van der Waals surface area contributed by atoms with Crippen LogP contribution in [0.15, 0.2) is 58.5 Å². The van der Waals surface area contributed by atoms with Crippen LogP contribution in [0.4, 0.5) is 0 Å². The molecule has 1 fully saturated rings. The average molecular weight is 524 g/mol. The van der Waals surface area contributed by atoms with Gasteiger partial charge in [0.25, 0.3) is 0 Å². The molecule has 0 unspecified atom stereocenters. The molecule has 198 valence electrons. The lowest BCUT2D eigenvalue weighted by Gasteiger charge is -2.38. The van der Waals surface area contributed by atoms with Crippen LogP contribution >= 0.6 is 11.3 Å². The van der Waals surface area contributed by atoms with Gasteiger partial charge >= 0.3 is 0 Å². The molecule has 2 heterocycles. The molecule has 1 aromatic heterocycles. The minimum absolute atomic E-state index is 0.0899. The molecule has 4 rings (SSSR count). The molecule has 2 aliphatic rings. The molecule has 6 nitrogen and oxygen atoms in total. The minimum Gasteiger partial charge on any atom is -0.508 e. The van der Waals surface area contributed by atoms with Crippen molar-refractivity contribution in [1.82, 2.24) is 4.90 Å². The SMILES string of the molecule is CC/C(=C\c1ccc(O)cc1)CC[C@@H](O)C1=C(C(C)C)C[C@H]2C(=O)N(Cc3cccs3)C(=O)[C@H]2[C@H]1CO. The lowest BCUT2D eigenvalue weighted by Crippen LogP contribution is -2.39. The fourth-order valence-corrected chi connectivity index (χ4v) is 6.55. The van der Waals surface area contributed by atoms with Crippen molar-refractivity contribution in [2.24, 2.45) is 23.7 Å². The summed E-state index contributed by atoms with van der Waals surface area (Å²) < 4.78 is 0. The molecule has 0 radical (unpaired) electrons. The number of amides is 2. The predicted octanol–water partition coefficient (Wildman–Crippen LogP) is 5.15. The van der Waals surface area contributed by atoms with E-state index in [2.05, 4.69) is 13.0 Å². The summed E-state index contributed by atoms with van der Waals surface area (Å²) in [5, 5.41) is 33.4. The lowest BCUT2D eigenvalue weighted by atomic mass is 9.66. The van der Waals surface area contributed by atoms with Crippen LogP contribution in [0.2, 0.25) is 0 Å². The Bertz CT molecular complexity index is 1170. The predicted molar refractivity (Wildman–Crippen MR) is 146 cm³/mol. The number of aliphatic hydroxyl groups excluding tert-OH is 2. The topological polar surface area (TPSA) is 98.1 Å². The summed E-state index contributed by atoms with van der Waals surface area (Å²) in [4.78, 5) is 29.2. The quantitative estimate of drug-likeness (QED) is 0.295. The summed E-state index contributed by atoms with van der Waals surface area (Å²) in [5.74, 6) is -1.79. The van der Waals surface area contributed by atoms with Gasteiger partial charge in [-0.25, -0.2) is 0 Å². The number of carbonyl (C=O) groups excluding carboxylic acids is 2. The maximum absolute atomic E-state index is 13.5. The second kappa shape index (κ2) is 11.8.